The molecule has 0 radical (unpaired) electrons. The molecular weight excluding hydrogens is 264 g/mol. The highest BCUT2D eigenvalue weighted by molar-refractivity contribution is 7.91. The van der Waals surface area contributed by atoms with Crippen molar-refractivity contribution in [2.45, 2.75) is 31.7 Å². The van der Waals surface area contributed by atoms with Crippen LogP contribution in [0.2, 0.25) is 0 Å². The van der Waals surface area contributed by atoms with E-state index in [1.54, 1.807) is 11.9 Å². The Bertz CT molecular complexity index is 431. The number of hydrogen-bond donors (Lipinski definition) is 0. The summed E-state index contributed by atoms with van der Waals surface area (Å²) in [7, 11) is 0.863. The van der Waals surface area contributed by atoms with Crippen LogP contribution in [0.1, 0.15) is 25.7 Å². The summed E-state index contributed by atoms with van der Waals surface area (Å²) >= 11 is 0. The molecule has 1 aliphatic carbocycles. The predicted octanol–water partition coefficient (Wildman–Crippen LogP) is 0.364. The Hall–Kier alpha value is -0.620. The van der Waals surface area contributed by atoms with E-state index in [0.717, 1.165) is 6.54 Å². The molecule has 2 rings (SSSR count). The third-order valence-electron chi connectivity index (χ3n) is 4.15. The number of hydrogen-bond acceptors (Lipinski definition) is 4. The van der Waals surface area contributed by atoms with Crippen LogP contribution in [0.5, 0.6) is 0 Å². The van der Waals surface area contributed by atoms with Crippen LogP contribution in [-0.4, -0.2) is 68.9 Å². The topological polar surface area (TPSA) is 57.7 Å². The lowest BCUT2D eigenvalue weighted by Gasteiger charge is -2.27. The van der Waals surface area contributed by atoms with Crippen LogP contribution in [0, 0.1) is 5.92 Å². The van der Waals surface area contributed by atoms with E-state index < -0.39 is 9.84 Å². The number of rotatable bonds is 5. The lowest BCUT2D eigenvalue weighted by atomic mass is 10.0. The Morgan fingerprint density at radius 3 is 2.42 bits per heavy atom. The van der Waals surface area contributed by atoms with E-state index in [1.165, 1.54) is 12.8 Å². The van der Waals surface area contributed by atoms with Crippen LogP contribution in [0.15, 0.2) is 0 Å². The molecule has 0 aromatic heterocycles. The number of nitrogens with zero attached hydrogens (tertiary/aromatic N) is 2. The van der Waals surface area contributed by atoms with E-state index in [0.29, 0.717) is 25.4 Å². The monoisotopic (exact) mass is 288 g/mol. The molecule has 1 saturated heterocycles. The zero-order valence-corrected chi connectivity index (χ0v) is 12.7. The molecule has 0 spiro atoms. The first-order chi connectivity index (χ1) is 8.89. The van der Waals surface area contributed by atoms with Crippen LogP contribution in [0.4, 0.5) is 0 Å². The Morgan fingerprint density at radius 2 is 1.84 bits per heavy atom. The molecule has 5 nitrogen and oxygen atoms in total. The van der Waals surface area contributed by atoms with Crippen molar-refractivity contribution in [1.29, 1.82) is 0 Å². The summed E-state index contributed by atoms with van der Waals surface area (Å²) in [5, 5.41) is 0. The highest BCUT2D eigenvalue weighted by Gasteiger charge is 2.32. The van der Waals surface area contributed by atoms with Gasteiger partial charge >= 0.3 is 0 Å². The van der Waals surface area contributed by atoms with Gasteiger partial charge < -0.3 is 9.80 Å². The van der Waals surface area contributed by atoms with E-state index >= 15 is 0 Å². The predicted molar refractivity (Wildman–Crippen MR) is 74.7 cm³/mol. The molecule has 0 bridgehead atoms. The number of amides is 1. The largest absolute Gasteiger partial charge is 0.344 e. The van der Waals surface area contributed by atoms with E-state index in [9.17, 15) is 13.2 Å². The molecule has 2 aliphatic rings. The Kier molecular flexibility index (Phi) is 4.50. The van der Waals surface area contributed by atoms with Gasteiger partial charge in [0.1, 0.15) is 0 Å². The van der Waals surface area contributed by atoms with Crippen LogP contribution >= 0.6 is 0 Å². The maximum absolute atomic E-state index is 12.2. The third-order valence-corrected chi connectivity index (χ3v) is 5.97. The lowest BCUT2D eigenvalue weighted by Crippen LogP contribution is -2.42. The highest BCUT2D eigenvalue weighted by atomic mass is 32.2. The normalized spacial score (nSPS) is 26.4. The van der Waals surface area contributed by atoms with E-state index in [-0.39, 0.29) is 23.3 Å². The molecule has 110 valence electrons. The fourth-order valence-corrected chi connectivity index (χ4v) is 4.34. The molecule has 0 N–H and O–H groups in total. The van der Waals surface area contributed by atoms with Gasteiger partial charge in [0.25, 0.3) is 0 Å². The first-order valence-electron chi connectivity index (χ1n) is 7.05. The lowest BCUT2D eigenvalue weighted by molar-refractivity contribution is -0.134. The molecule has 1 heterocycles. The van der Waals surface area contributed by atoms with Gasteiger partial charge in [-0.3, -0.25) is 4.79 Å². The standard InChI is InChI=1S/C13H24N2O3S/c1-14(12-5-6-12)7-8-15(2)13(16)11-4-3-9-19(17,18)10-11/h11-12H,3-10H2,1-2H3/t11-/m1/s1. The molecule has 1 atom stereocenters. The minimum Gasteiger partial charge on any atom is -0.344 e. The van der Waals surface area contributed by atoms with Crippen molar-refractivity contribution in [3.8, 4) is 0 Å². The number of sulfone groups is 1. The zero-order chi connectivity index (χ0) is 14.0. The smallest absolute Gasteiger partial charge is 0.226 e. The van der Waals surface area contributed by atoms with Crippen LogP contribution in [0.3, 0.4) is 0 Å². The Labute approximate surface area is 115 Å². The summed E-state index contributed by atoms with van der Waals surface area (Å²) < 4.78 is 23.1. The van der Waals surface area contributed by atoms with E-state index in [2.05, 4.69) is 11.9 Å². The molecule has 19 heavy (non-hydrogen) atoms. The van der Waals surface area contributed by atoms with Crippen molar-refractivity contribution in [1.82, 2.24) is 9.80 Å². The maximum Gasteiger partial charge on any atom is 0.226 e. The first kappa shape index (κ1) is 14.8. The SMILES string of the molecule is CN(CCN(C)C1CC1)C(=O)[C@@H]1CCCS(=O)(=O)C1. The van der Waals surface area contributed by atoms with Crippen LogP contribution in [0.25, 0.3) is 0 Å². The van der Waals surface area contributed by atoms with Gasteiger partial charge in [0, 0.05) is 26.2 Å². The van der Waals surface area contributed by atoms with Crippen molar-refractivity contribution >= 4 is 15.7 Å². The number of likely N-dealkylation sites (N-methyl/N-ethyl adjacent to an activating group) is 2. The van der Waals surface area contributed by atoms with Gasteiger partial charge in [-0.2, -0.15) is 0 Å². The molecule has 0 aromatic carbocycles. The molecule has 1 saturated carbocycles. The molecule has 1 aliphatic heterocycles. The average molecular weight is 288 g/mol. The summed E-state index contributed by atoms with van der Waals surface area (Å²) in [4.78, 5) is 16.2. The van der Waals surface area contributed by atoms with Crippen molar-refractivity contribution in [3.63, 3.8) is 0 Å². The second-order valence-corrected chi connectivity index (χ2v) is 8.15. The first-order valence-corrected chi connectivity index (χ1v) is 8.87. The van der Waals surface area contributed by atoms with Crippen molar-refractivity contribution in [2.75, 3.05) is 38.7 Å². The minimum absolute atomic E-state index is 0.00697. The summed E-state index contributed by atoms with van der Waals surface area (Å²) in [6, 6.07) is 0.693. The Morgan fingerprint density at radius 1 is 1.16 bits per heavy atom. The fourth-order valence-electron chi connectivity index (χ4n) is 2.65. The number of carbonyl (C=O) groups is 1. The molecule has 1 amide bonds. The molecular formula is C13H24N2O3S. The zero-order valence-electron chi connectivity index (χ0n) is 11.8. The van der Waals surface area contributed by atoms with Gasteiger partial charge in [-0.15, -0.1) is 0 Å². The van der Waals surface area contributed by atoms with Crippen LogP contribution in [-0.2, 0) is 14.6 Å². The molecule has 0 aromatic rings. The van der Waals surface area contributed by atoms with Gasteiger partial charge in [0.15, 0.2) is 9.84 Å². The highest BCUT2D eigenvalue weighted by Crippen LogP contribution is 2.25. The van der Waals surface area contributed by atoms with Crippen molar-refractivity contribution in [3.05, 3.63) is 0 Å². The third kappa shape index (κ3) is 4.18. The van der Waals surface area contributed by atoms with Crippen LogP contribution < -0.4 is 0 Å². The second-order valence-electron chi connectivity index (χ2n) is 5.93. The summed E-state index contributed by atoms with van der Waals surface area (Å²) in [6.45, 7) is 1.55. The van der Waals surface area contributed by atoms with E-state index in [4.69, 9.17) is 0 Å². The second kappa shape index (κ2) is 5.79. The molecule has 6 heteroatoms. The maximum atomic E-state index is 12.2. The average Bonchev–Trinajstić information content (AvgIpc) is 3.17. The van der Waals surface area contributed by atoms with Gasteiger partial charge in [-0.1, -0.05) is 0 Å². The van der Waals surface area contributed by atoms with Crippen molar-refractivity contribution < 1.29 is 13.2 Å². The van der Waals surface area contributed by atoms with Gasteiger partial charge in [0.2, 0.25) is 5.91 Å². The quantitative estimate of drug-likeness (QED) is 0.733. The molecule has 0 unspecified atom stereocenters. The van der Waals surface area contributed by atoms with E-state index in [1.807, 2.05) is 0 Å². The van der Waals surface area contributed by atoms with Gasteiger partial charge in [-0.25, -0.2) is 8.42 Å². The summed E-state index contributed by atoms with van der Waals surface area (Å²) in [6.07, 6.45) is 3.85. The fraction of sp³-hybridized carbons (Fsp3) is 0.923. The Balaban J connectivity index is 1.80. The number of carbonyl (C=O) groups excluding carboxylic acids is 1. The minimum atomic E-state index is -3.00. The van der Waals surface area contributed by atoms with Gasteiger partial charge in [0.05, 0.1) is 17.4 Å². The molecule has 2 fully saturated rings. The van der Waals surface area contributed by atoms with Crippen molar-refractivity contribution in [2.24, 2.45) is 5.92 Å². The summed E-state index contributed by atoms with van der Waals surface area (Å²) in [5.41, 5.74) is 0. The van der Waals surface area contributed by atoms with Gasteiger partial charge in [-0.05, 0) is 32.7 Å². The summed E-state index contributed by atoms with van der Waals surface area (Å²) in [5.74, 6) is -0.0537.